The molecule has 0 saturated carbocycles. The number of benzene rings is 2. The van der Waals surface area contributed by atoms with Crippen molar-refractivity contribution in [3.05, 3.63) is 65.7 Å². The second kappa shape index (κ2) is 9.08. The lowest BCUT2D eigenvalue weighted by molar-refractivity contribution is -0.115. The fourth-order valence-electron chi connectivity index (χ4n) is 2.78. The minimum Gasteiger partial charge on any atom is -0.497 e. The third kappa shape index (κ3) is 4.75. The largest absolute Gasteiger partial charge is 0.497 e. The number of nitrogens with one attached hydrogen (secondary N) is 1. The molecule has 8 nitrogen and oxygen atoms in total. The first kappa shape index (κ1) is 20.8. The summed E-state index contributed by atoms with van der Waals surface area (Å²) in [5.74, 6) is -0.935. The van der Waals surface area contributed by atoms with Crippen molar-refractivity contribution in [1.29, 1.82) is 0 Å². The Morgan fingerprint density at radius 1 is 1.13 bits per heavy atom. The molecule has 0 aliphatic heterocycles. The van der Waals surface area contributed by atoms with Crippen LogP contribution in [0.3, 0.4) is 0 Å². The molecule has 0 spiro atoms. The number of nitrogens with zero attached hydrogens (tertiary/aromatic N) is 4. The van der Waals surface area contributed by atoms with E-state index >= 15 is 0 Å². The van der Waals surface area contributed by atoms with Gasteiger partial charge in [0.05, 0.1) is 18.5 Å². The second-order valence-corrected chi connectivity index (χ2v) is 6.43. The van der Waals surface area contributed by atoms with Crippen molar-refractivity contribution in [3.8, 4) is 5.75 Å². The molecule has 9 heteroatoms. The lowest BCUT2D eigenvalue weighted by Gasteiger charge is -2.07. The van der Waals surface area contributed by atoms with E-state index in [0.29, 0.717) is 28.5 Å². The number of aromatic nitrogens is 2. The fraction of sp³-hybridized carbons (Fsp3) is 0.190. The first-order valence-electron chi connectivity index (χ1n) is 9.08. The van der Waals surface area contributed by atoms with Crippen LogP contribution in [0.1, 0.15) is 22.6 Å². The zero-order valence-corrected chi connectivity index (χ0v) is 16.7. The smallest absolute Gasteiger partial charge is 0.256 e. The maximum absolute atomic E-state index is 13.7. The first-order chi connectivity index (χ1) is 14.4. The first-order valence-corrected chi connectivity index (χ1v) is 9.08. The van der Waals surface area contributed by atoms with Crippen LogP contribution in [0.5, 0.6) is 5.75 Å². The van der Waals surface area contributed by atoms with Crippen LogP contribution in [-0.2, 0) is 4.79 Å². The molecule has 0 atom stereocenters. The molecule has 154 valence electrons. The van der Waals surface area contributed by atoms with Crippen LogP contribution in [0.15, 0.2) is 58.8 Å². The molecule has 0 bridgehead atoms. The van der Waals surface area contributed by atoms with Crippen LogP contribution in [0.25, 0.3) is 0 Å². The number of rotatable bonds is 6. The summed E-state index contributed by atoms with van der Waals surface area (Å²) >= 11 is 0. The number of halogens is 1. The van der Waals surface area contributed by atoms with E-state index in [2.05, 4.69) is 20.6 Å². The highest BCUT2D eigenvalue weighted by Gasteiger charge is 2.19. The molecule has 1 N–H and O–H groups in total. The van der Waals surface area contributed by atoms with Gasteiger partial charge in [0.2, 0.25) is 5.91 Å². The fourth-order valence-corrected chi connectivity index (χ4v) is 2.78. The Bertz CT molecular complexity index is 1120. The molecule has 0 radical (unpaired) electrons. The number of anilines is 1. The Morgan fingerprint density at radius 3 is 2.63 bits per heavy atom. The van der Waals surface area contributed by atoms with Gasteiger partial charge in [0.25, 0.3) is 5.91 Å². The number of hydrogen-bond acceptors (Lipinski definition) is 6. The van der Waals surface area contributed by atoms with Gasteiger partial charge in [0, 0.05) is 11.8 Å². The Kier molecular flexibility index (Phi) is 6.31. The number of carbonyl (C=O) groups excluding carboxylic acids is 2. The number of amides is 1. The van der Waals surface area contributed by atoms with Crippen LogP contribution in [0.2, 0.25) is 0 Å². The van der Waals surface area contributed by atoms with Crippen LogP contribution >= 0.6 is 0 Å². The average molecular weight is 409 g/mol. The van der Waals surface area contributed by atoms with Crippen molar-refractivity contribution < 1.29 is 18.7 Å². The van der Waals surface area contributed by atoms with Crippen molar-refractivity contribution in [1.82, 2.24) is 9.78 Å². The SMILES string of the molecule is COc1cccc(NC(=O)CC(=O)n2nc(C)c(N=Nc3ccccc3F)c2C)c1. The molecule has 0 unspecified atom stereocenters. The normalized spacial score (nSPS) is 10.9. The standard InChI is InChI=1S/C21H20FN5O3/c1-13-21(25-24-18-10-5-4-9-17(18)22)14(2)27(26-13)20(29)12-19(28)23-15-7-6-8-16(11-15)30-3/h4-11H,12H2,1-3H3,(H,23,28). The molecule has 1 heterocycles. The Labute approximate surface area is 172 Å². The molecule has 1 aromatic heterocycles. The minimum atomic E-state index is -0.525. The van der Waals surface area contributed by atoms with Gasteiger partial charge in [0.15, 0.2) is 5.82 Å². The molecular weight excluding hydrogens is 389 g/mol. The van der Waals surface area contributed by atoms with Gasteiger partial charge in [-0.2, -0.15) is 5.10 Å². The second-order valence-electron chi connectivity index (χ2n) is 6.43. The summed E-state index contributed by atoms with van der Waals surface area (Å²) in [5, 5.41) is 14.7. The topological polar surface area (TPSA) is 97.9 Å². The van der Waals surface area contributed by atoms with E-state index in [1.54, 1.807) is 50.2 Å². The van der Waals surface area contributed by atoms with Gasteiger partial charge in [-0.15, -0.1) is 10.2 Å². The number of azo groups is 1. The highest BCUT2D eigenvalue weighted by molar-refractivity contribution is 6.04. The van der Waals surface area contributed by atoms with E-state index in [-0.39, 0.29) is 5.69 Å². The lowest BCUT2D eigenvalue weighted by Crippen LogP contribution is -2.22. The van der Waals surface area contributed by atoms with Gasteiger partial charge in [-0.1, -0.05) is 18.2 Å². The molecule has 0 fully saturated rings. The van der Waals surface area contributed by atoms with E-state index in [1.165, 1.54) is 19.2 Å². The molecule has 0 aliphatic carbocycles. The van der Waals surface area contributed by atoms with Crippen molar-refractivity contribution in [2.45, 2.75) is 20.3 Å². The van der Waals surface area contributed by atoms with E-state index in [1.807, 2.05) is 0 Å². The van der Waals surface area contributed by atoms with Gasteiger partial charge in [0.1, 0.15) is 23.5 Å². The number of carbonyl (C=O) groups is 2. The molecule has 1 amide bonds. The Hall–Kier alpha value is -3.88. The van der Waals surface area contributed by atoms with Crippen LogP contribution in [-0.4, -0.2) is 28.7 Å². The van der Waals surface area contributed by atoms with E-state index < -0.39 is 24.1 Å². The maximum Gasteiger partial charge on any atom is 0.256 e. The van der Waals surface area contributed by atoms with Crippen molar-refractivity contribution >= 4 is 28.9 Å². The van der Waals surface area contributed by atoms with Crippen molar-refractivity contribution in [2.75, 3.05) is 12.4 Å². The zero-order chi connectivity index (χ0) is 21.7. The predicted octanol–water partition coefficient (Wildman–Crippen LogP) is 4.73. The van der Waals surface area contributed by atoms with Crippen molar-refractivity contribution in [3.63, 3.8) is 0 Å². The molecule has 0 aliphatic rings. The Balaban J connectivity index is 1.73. The number of ether oxygens (including phenoxy) is 1. The molecule has 30 heavy (non-hydrogen) atoms. The number of aryl methyl sites for hydroxylation is 1. The summed E-state index contributed by atoms with van der Waals surface area (Å²) in [4.78, 5) is 24.8. The Morgan fingerprint density at radius 2 is 1.90 bits per heavy atom. The van der Waals surface area contributed by atoms with Crippen LogP contribution in [0, 0.1) is 19.7 Å². The van der Waals surface area contributed by atoms with Gasteiger partial charge < -0.3 is 10.1 Å². The predicted molar refractivity (Wildman–Crippen MR) is 109 cm³/mol. The zero-order valence-electron chi connectivity index (χ0n) is 16.7. The molecule has 2 aromatic carbocycles. The summed E-state index contributed by atoms with van der Waals surface area (Å²) in [5.41, 5.74) is 1.79. The third-order valence-electron chi connectivity index (χ3n) is 4.26. The number of methoxy groups -OCH3 is 1. The van der Waals surface area contributed by atoms with Gasteiger partial charge in [-0.25, -0.2) is 9.07 Å². The van der Waals surface area contributed by atoms with E-state index in [4.69, 9.17) is 4.74 Å². The molecule has 3 rings (SSSR count). The van der Waals surface area contributed by atoms with Gasteiger partial charge >= 0.3 is 0 Å². The van der Waals surface area contributed by atoms with Crippen LogP contribution < -0.4 is 10.1 Å². The monoisotopic (exact) mass is 409 g/mol. The maximum atomic E-state index is 13.7. The highest BCUT2D eigenvalue weighted by Crippen LogP contribution is 2.27. The highest BCUT2D eigenvalue weighted by atomic mass is 19.1. The summed E-state index contributed by atoms with van der Waals surface area (Å²) in [7, 11) is 1.52. The third-order valence-corrected chi connectivity index (χ3v) is 4.26. The molecular formula is C21H20FN5O3. The summed E-state index contributed by atoms with van der Waals surface area (Å²) in [6.45, 7) is 3.29. The van der Waals surface area contributed by atoms with Crippen LogP contribution in [0.4, 0.5) is 21.5 Å². The number of hydrogen-bond donors (Lipinski definition) is 1. The molecule has 0 saturated heterocycles. The average Bonchev–Trinajstić information content (AvgIpc) is 3.01. The molecule has 3 aromatic rings. The quantitative estimate of drug-likeness (QED) is 0.470. The van der Waals surface area contributed by atoms with Gasteiger partial charge in [-0.05, 0) is 38.1 Å². The minimum absolute atomic E-state index is 0.0769. The summed E-state index contributed by atoms with van der Waals surface area (Å²) in [6, 6.07) is 12.8. The summed E-state index contributed by atoms with van der Waals surface area (Å²) in [6.07, 6.45) is -0.414. The van der Waals surface area contributed by atoms with Crippen molar-refractivity contribution in [2.24, 2.45) is 10.2 Å². The lowest BCUT2D eigenvalue weighted by atomic mass is 10.2. The summed E-state index contributed by atoms with van der Waals surface area (Å²) < 4.78 is 19.9. The van der Waals surface area contributed by atoms with E-state index in [9.17, 15) is 14.0 Å². The van der Waals surface area contributed by atoms with Gasteiger partial charge in [-0.3, -0.25) is 9.59 Å². The van der Waals surface area contributed by atoms with E-state index in [0.717, 1.165) is 4.68 Å².